The van der Waals surface area contributed by atoms with Crippen LogP contribution in [0.25, 0.3) is 0 Å². The first-order valence-electron chi connectivity index (χ1n) is 7.05. The van der Waals surface area contributed by atoms with E-state index >= 15 is 0 Å². The van der Waals surface area contributed by atoms with Crippen LogP contribution in [-0.2, 0) is 6.54 Å². The van der Waals surface area contributed by atoms with Gasteiger partial charge in [0.2, 0.25) is 0 Å². The molecule has 0 aliphatic heterocycles. The van der Waals surface area contributed by atoms with Gasteiger partial charge in [-0.05, 0) is 55.2 Å². The zero-order valence-electron chi connectivity index (χ0n) is 11.2. The Morgan fingerprint density at radius 2 is 2.12 bits per heavy atom. The molecule has 1 aromatic rings. The Balaban J connectivity index is 1.69. The summed E-state index contributed by atoms with van der Waals surface area (Å²) in [4.78, 5) is 0. The first kappa shape index (κ1) is 12.6. The number of nitrogens with one attached hydrogen (secondary N) is 1. The third-order valence-electron chi connectivity index (χ3n) is 3.46. The van der Waals surface area contributed by atoms with Gasteiger partial charge in [0.25, 0.3) is 0 Å². The summed E-state index contributed by atoms with van der Waals surface area (Å²) in [6.45, 7) is 6.75. The third-order valence-corrected chi connectivity index (χ3v) is 3.46. The zero-order chi connectivity index (χ0) is 12.1. The molecule has 1 heteroatoms. The molecule has 1 fully saturated rings. The summed E-state index contributed by atoms with van der Waals surface area (Å²) >= 11 is 0. The minimum absolute atomic E-state index is 0.829. The number of benzene rings is 1. The van der Waals surface area contributed by atoms with Crippen molar-refractivity contribution in [2.45, 2.75) is 52.0 Å². The lowest BCUT2D eigenvalue weighted by atomic mass is 10.1. The normalized spacial score (nSPS) is 15.5. The van der Waals surface area contributed by atoms with Crippen LogP contribution < -0.4 is 5.32 Å². The molecule has 0 radical (unpaired) electrons. The van der Waals surface area contributed by atoms with E-state index in [1.165, 1.54) is 31.2 Å². The van der Waals surface area contributed by atoms with Gasteiger partial charge in [-0.1, -0.05) is 38.1 Å². The van der Waals surface area contributed by atoms with E-state index in [2.05, 4.69) is 43.4 Å². The first-order chi connectivity index (χ1) is 8.25. The summed E-state index contributed by atoms with van der Waals surface area (Å²) in [6, 6.07) is 9.10. The topological polar surface area (TPSA) is 12.0 Å². The van der Waals surface area contributed by atoms with Crippen molar-refractivity contribution >= 4 is 0 Å². The van der Waals surface area contributed by atoms with Crippen molar-refractivity contribution in [3.63, 3.8) is 0 Å². The maximum Gasteiger partial charge on any atom is 0.0205 e. The van der Waals surface area contributed by atoms with Crippen LogP contribution in [0.2, 0.25) is 0 Å². The van der Waals surface area contributed by atoms with Gasteiger partial charge in [0.05, 0.1) is 0 Å². The average Bonchev–Trinajstić information content (AvgIpc) is 3.12. The van der Waals surface area contributed by atoms with Gasteiger partial charge < -0.3 is 5.32 Å². The van der Waals surface area contributed by atoms with E-state index in [0.29, 0.717) is 0 Å². The molecule has 0 saturated heterocycles. The zero-order valence-corrected chi connectivity index (χ0v) is 11.2. The van der Waals surface area contributed by atoms with Crippen LogP contribution >= 0.6 is 0 Å². The highest BCUT2D eigenvalue weighted by Gasteiger charge is 2.23. The highest BCUT2D eigenvalue weighted by molar-refractivity contribution is 5.28. The van der Waals surface area contributed by atoms with E-state index in [9.17, 15) is 0 Å². The summed E-state index contributed by atoms with van der Waals surface area (Å²) < 4.78 is 0. The predicted molar refractivity (Wildman–Crippen MR) is 74.2 cm³/mol. The number of rotatable bonds is 7. The Morgan fingerprint density at radius 3 is 2.82 bits per heavy atom. The molecule has 0 atom stereocenters. The quantitative estimate of drug-likeness (QED) is 0.697. The molecule has 1 nitrogen and oxygen atoms in total. The van der Waals surface area contributed by atoms with Crippen LogP contribution in [0.15, 0.2) is 24.3 Å². The van der Waals surface area contributed by atoms with E-state index in [-0.39, 0.29) is 0 Å². The van der Waals surface area contributed by atoms with Gasteiger partial charge in [0.15, 0.2) is 0 Å². The largest absolute Gasteiger partial charge is 0.313 e. The van der Waals surface area contributed by atoms with Gasteiger partial charge in [-0.3, -0.25) is 0 Å². The van der Waals surface area contributed by atoms with Gasteiger partial charge in [-0.2, -0.15) is 0 Å². The van der Waals surface area contributed by atoms with Gasteiger partial charge in [0, 0.05) is 6.54 Å². The molecule has 0 amide bonds. The molecule has 0 unspecified atom stereocenters. The van der Waals surface area contributed by atoms with Crippen molar-refractivity contribution < 1.29 is 0 Å². The summed E-state index contributed by atoms with van der Waals surface area (Å²) in [5.41, 5.74) is 2.99. The Morgan fingerprint density at radius 1 is 1.29 bits per heavy atom. The molecule has 94 valence electrons. The lowest BCUT2D eigenvalue weighted by Gasteiger charge is -2.08. The fourth-order valence-electron chi connectivity index (χ4n) is 2.24. The van der Waals surface area contributed by atoms with Crippen molar-refractivity contribution in [1.82, 2.24) is 5.32 Å². The van der Waals surface area contributed by atoms with E-state index < -0.39 is 0 Å². The molecule has 0 aromatic heterocycles. The molecular weight excluding hydrogens is 206 g/mol. The second-order valence-corrected chi connectivity index (χ2v) is 5.73. The second-order valence-electron chi connectivity index (χ2n) is 5.73. The molecule has 1 N–H and O–H groups in total. The van der Waals surface area contributed by atoms with Crippen LogP contribution in [0.3, 0.4) is 0 Å². The molecule has 1 saturated carbocycles. The SMILES string of the molecule is CC(C)CCCNCc1cccc(C2CC2)c1. The van der Waals surface area contributed by atoms with Crippen molar-refractivity contribution in [3.05, 3.63) is 35.4 Å². The fraction of sp³-hybridized carbons (Fsp3) is 0.625. The summed E-state index contributed by atoms with van der Waals surface area (Å²) in [7, 11) is 0. The lowest BCUT2D eigenvalue weighted by molar-refractivity contribution is 0.527. The number of hydrogen-bond donors (Lipinski definition) is 1. The minimum atomic E-state index is 0.829. The van der Waals surface area contributed by atoms with Crippen LogP contribution in [0.5, 0.6) is 0 Å². The molecule has 0 spiro atoms. The van der Waals surface area contributed by atoms with Crippen molar-refractivity contribution in [1.29, 1.82) is 0 Å². The molecule has 0 bridgehead atoms. The van der Waals surface area contributed by atoms with Gasteiger partial charge in [-0.25, -0.2) is 0 Å². The Hall–Kier alpha value is -0.820. The van der Waals surface area contributed by atoms with Crippen LogP contribution in [0, 0.1) is 5.92 Å². The van der Waals surface area contributed by atoms with E-state index in [1.807, 2.05) is 0 Å². The standard InChI is InChI=1S/C16H25N/c1-13(2)5-4-10-17-12-14-6-3-7-16(11-14)15-8-9-15/h3,6-7,11,13,15,17H,4-5,8-10,12H2,1-2H3. The summed E-state index contributed by atoms with van der Waals surface area (Å²) in [6.07, 6.45) is 5.41. The van der Waals surface area contributed by atoms with Crippen molar-refractivity contribution in [3.8, 4) is 0 Å². The second kappa shape index (κ2) is 6.20. The molecule has 1 aliphatic rings. The smallest absolute Gasteiger partial charge is 0.0205 e. The van der Waals surface area contributed by atoms with Crippen LogP contribution in [-0.4, -0.2) is 6.54 Å². The van der Waals surface area contributed by atoms with Crippen molar-refractivity contribution in [2.24, 2.45) is 5.92 Å². The Kier molecular flexibility index (Phi) is 4.61. The molecule has 0 heterocycles. The molecule has 1 aliphatic carbocycles. The number of hydrogen-bond acceptors (Lipinski definition) is 1. The third kappa shape index (κ3) is 4.51. The van der Waals surface area contributed by atoms with Gasteiger partial charge >= 0.3 is 0 Å². The average molecular weight is 231 g/mol. The van der Waals surface area contributed by atoms with Gasteiger partial charge in [0.1, 0.15) is 0 Å². The van der Waals surface area contributed by atoms with E-state index in [0.717, 1.165) is 24.9 Å². The van der Waals surface area contributed by atoms with Crippen LogP contribution in [0.1, 0.15) is 56.6 Å². The predicted octanol–water partition coefficient (Wildman–Crippen LogP) is 4.09. The van der Waals surface area contributed by atoms with E-state index in [4.69, 9.17) is 0 Å². The minimum Gasteiger partial charge on any atom is -0.313 e. The summed E-state index contributed by atoms with van der Waals surface area (Å²) in [5.74, 6) is 1.70. The lowest BCUT2D eigenvalue weighted by Crippen LogP contribution is -2.15. The fourth-order valence-corrected chi connectivity index (χ4v) is 2.24. The van der Waals surface area contributed by atoms with E-state index in [1.54, 1.807) is 5.56 Å². The molecule has 17 heavy (non-hydrogen) atoms. The highest BCUT2D eigenvalue weighted by atomic mass is 14.8. The molecule has 1 aromatic carbocycles. The maximum atomic E-state index is 3.54. The first-order valence-corrected chi connectivity index (χ1v) is 7.05. The summed E-state index contributed by atoms with van der Waals surface area (Å²) in [5, 5.41) is 3.54. The van der Waals surface area contributed by atoms with Crippen LogP contribution in [0.4, 0.5) is 0 Å². The Labute approximate surface area is 106 Å². The molecule has 2 rings (SSSR count). The Bertz CT molecular complexity index is 339. The van der Waals surface area contributed by atoms with Gasteiger partial charge in [-0.15, -0.1) is 0 Å². The molecular formula is C16H25N. The van der Waals surface area contributed by atoms with Crippen molar-refractivity contribution in [2.75, 3.05) is 6.54 Å². The monoisotopic (exact) mass is 231 g/mol. The maximum absolute atomic E-state index is 3.54. The highest BCUT2D eigenvalue weighted by Crippen LogP contribution is 2.40.